The van der Waals surface area contributed by atoms with E-state index in [1.165, 1.54) is 0 Å². The van der Waals surface area contributed by atoms with Crippen LogP contribution in [-0.4, -0.2) is 4.98 Å². The quantitative estimate of drug-likeness (QED) is 0.482. The van der Waals surface area contributed by atoms with E-state index in [9.17, 15) is 13.2 Å². The number of hydrogen-bond acceptors (Lipinski definition) is 1. The molecule has 0 aliphatic carbocycles. The summed E-state index contributed by atoms with van der Waals surface area (Å²) in [6.45, 7) is 0. The van der Waals surface area contributed by atoms with E-state index in [-0.39, 0.29) is 3.57 Å². The Morgan fingerprint density at radius 1 is 1.25 bits per heavy atom. The van der Waals surface area contributed by atoms with Crippen LogP contribution in [0.25, 0.3) is 0 Å². The molecule has 0 aromatic carbocycles. The molecule has 0 N–H and O–H groups in total. The van der Waals surface area contributed by atoms with Crippen molar-refractivity contribution in [3.63, 3.8) is 0 Å². The first-order chi connectivity index (χ1) is 5.43. The van der Waals surface area contributed by atoms with Crippen molar-refractivity contribution < 1.29 is 13.2 Å². The van der Waals surface area contributed by atoms with Gasteiger partial charge in [-0.2, -0.15) is 13.2 Å². The number of alkyl halides is 3. The fraction of sp³-hybridized carbons (Fsp3) is 0.167. The van der Waals surface area contributed by atoms with Gasteiger partial charge < -0.3 is 0 Å². The van der Waals surface area contributed by atoms with Gasteiger partial charge in [0.2, 0.25) is 0 Å². The van der Waals surface area contributed by atoms with Crippen LogP contribution in [-0.2, 0) is 6.18 Å². The first-order valence-electron chi connectivity index (χ1n) is 2.80. The molecule has 66 valence electrons. The van der Waals surface area contributed by atoms with E-state index >= 15 is 0 Å². The monoisotopic (exact) mass is 399 g/mol. The average Bonchev–Trinajstić information content (AvgIpc) is 1.92. The Labute approximate surface area is 94.0 Å². The van der Waals surface area contributed by atoms with Gasteiger partial charge in [-0.3, -0.25) is 0 Å². The molecule has 1 nitrogen and oxygen atoms in total. The lowest BCUT2D eigenvalue weighted by Crippen LogP contribution is -2.09. The fourth-order valence-corrected chi connectivity index (χ4v) is 1.71. The van der Waals surface area contributed by atoms with E-state index in [1.54, 1.807) is 45.2 Å². The molecule has 0 spiro atoms. The molecule has 0 saturated heterocycles. The maximum Gasteiger partial charge on any atom is 0.417 e. The van der Waals surface area contributed by atoms with Crippen molar-refractivity contribution in [2.75, 3.05) is 0 Å². The average molecular weight is 399 g/mol. The number of aromatic nitrogens is 1. The predicted octanol–water partition coefficient (Wildman–Crippen LogP) is 3.31. The smallest absolute Gasteiger partial charge is 0.249 e. The summed E-state index contributed by atoms with van der Waals surface area (Å²) in [5.74, 6) is 0. The van der Waals surface area contributed by atoms with Gasteiger partial charge in [0.1, 0.15) is 3.70 Å². The predicted molar refractivity (Wildman–Crippen MR) is 54.7 cm³/mol. The minimum absolute atomic E-state index is 0.156. The topological polar surface area (TPSA) is 12.9 Å². The zero-order valence-electron chi connectivity index (χ0n) is 5.49. The van der Waals surface area contributed by atoms with Crippen molar-refractivity contribution in [2.45, 2.75) is 6.18 Å². The summed E-state index contributed by atoms with van der Waals surface area (Å²) in [6.07, 6.45) is -3.12. The summed E-state index contributed by atoms with van der Waals surface area (Å²) in [5.41, 5.74) is -0.623. The molecule has 0 bridgehead atoms. The van der Waals surface area contributed by atoms with E-state index in [1.807, 2.05) is 0 Å². The molecule has 0 amide bonds. The van der Waals surface area contributed by atoms with Gasteiger partial charge in [-0.15, -0.1) is 0 Å². The third-order valence-electron chi connectivity index (χ3n) is 1.15. The lowest BCUT2D eigenvalue weighted by atomic mass is 10.3. The molecule has 1 heterocycles. The molecular weight excluding hydrogens is 397 g/mol. The highest BCUT2D eigenvalue weighted by Crippen LogP contribution is 2.33. The summed E-state index contributed by atoms with van der Waals surface area (Å²) in [7, 11) is 0. The van der Waals surface area contributed by atoms with Gasteiger partial charge in [-0.05, 0) is 51.2 Å². The largest absolute Gasteiger partial charge is 0.417 e. The Morgan fingerprint density at radius 3 is 2.25 bits per heavy atom. The van der Waals surface area contributed by atoms with Crippen LogP contribution in [0.3, 0.4) is 0 Å². The first kappa shape index (κ1) is 10.5. The molecular formula is C6H2F3I2N. The lowest BCUT2D eigenvalue weighted by molar-refractivity contribution is -0.138. The molecule has 1 aromatic rings. The van der Waals surface area contributed by atoms with Crippen LogP contribution < -0.4 is 0 Å². The highest BCUT2D eigenvalue weighted by atomic mass is 127. The second-order valence-electron chi connectivity index (χ2n) is 1.96. The van der Waals surface area contributed by atoms with Gasteiger partial charge in [0, 0.05) is 6.20 Å². The minimum Gasteiger partial charge on any atom is -0.249 e. The summed E-state index contributed by atoms with van der Waals surface area (Å²) in [6, 6.07) is 0.976. The van der Waals surface area contributed by atoms with Crippen LogP contribution in [0.1, 0.15) is 5.56 Å². The zero-order chi connectivity index (χ0) is 9.35. The summed E-state index contributed by atoms with van der Waals surface area (Å²) in [4.78, 5) is 3.73. The molecule has 1 aromatic heterocycles. The highest BCUT2D eigenvalue weighted by molar-refractivity contribution is 14.1. The Morgan fingerprint density at radius 2 is 1.83 bits per heavy atom. The molecule has 0 saturated carbocycles. The molecule has 0 unspecified atom stereocenters. The van der Waals surface area contributed by atoms with E-state index in [2.05, 4.69) is 4.98 Å². The third-order valence-corrected chi connectivity index (χ3v) is 4.09. The van der Waals surface area contributed by atoms with Crippen LogP contribution in [0.4, 0.5) is 13.2 Å². The minimum atomic E-state index is -4.28. The van der Waals surface area contributed by atoms with Gasteiger partial charge in [-0.1, -0.05) is 0 Å². The molecule has 1 rings (SSSR count). The SMILES string of the molecule is FC(F)(F)c1ccnc(I)c1I. The number of hydrogen-bond donors (Lipinski definition) is 0. The molecule has 0 atom stereocenters. The zero-order valence-corrected chi connectivity index (χ0v) is 9.81. The Hall–Kier alpha value is 0.400. The van der Waals surface area contributed by atoms with Crippen LogP contribution in [0.15, 0.2) is 12.3 Å². The molecule has 0 aliphatic rings. The molecule has 0 radical (unpaired) electrons. The van der Waals surface area contributed by atoms with Crippen molar-refractivity contribution in [1.82, 2.24) is 4.98 Å². The Bertz CT molecular complexity index is 297. The van der Waals surface area contributed by atoms with Crippen LogP contribution in [0.2, 0.25) is 0 Å². The van der Waals surface area contributed by atoms with Crippen LogP contribution in [0, 0.1) is 7.27 Å². The van der Waals surface area contributed by atoms with Gasteiger partial charge in [-0.25, -0.2) is 4.98 Å². The van der Waals surface area contributed by atoms with Crippen molar-refractivity contribution in [3.05, 3.63) is 25.1 Å². The lowest BCUT2D eigenvalue weighted by Gasteiger charge is -2.08. The number of nitrogens with zero attached hydrogens (tertiary/aromatic N) is 1. The summed E-state index contributed by atoms with van der Waals surface area (Å²) >= 11 is 3.41. The summed E-state index contributed by atoms with van der Waals surface area (Å²) < 4.78 is 37.1. The maximum absolute atomic E-state index is 12.2. The van der Waals surface area contributed by atoms with E-state index in [4.69, 9.17) is 0 Å². The molecule has 6 heteroatoms. The van der Waals surface area contributed by atoms with Gasteiger partial charge in [0.25, 0.3) is 0 Å². The van der Waals surface area contributed by atoms with Crippen molar-refractivity contribution >= 4 is 45.2 Å². The van der Waals surface area contributed by atoms with E-state index in [0.717, 1.165) is 12.3 Å². The molecule has 12 heavy (non-hydrogen) atoms. The highest BCUT2D eigenvalue weighted by Gasteiger charge is 2.33. The maximum atomic E-state index is 12.2. The molecule has 0 aliphatic heterocycles. The fourth-order valence-electron chi connectivity index (χ4n) is 0.637. The number of halogens is 5. The molecule has 0 fully saturated rings. The van der Waals surface area contributed by atoms with Crippen molar-refractivity contribution in [2.24, 2.45) is 0 Å². The second-order valence-corrected chi connectivity index (χ2v) is 4.06. The second kappa shape index (κ2) is 3.64. The van der Waals surface area contributed by atoms with Crippen LogP contribution >= 0.6 is 45.2 Å². The number of pyridine rings is 1. The third kappa shape index (κ3) is 2.21. The number of rotatable bonds is 0. The normalized spacial score (nSPS) is 11.8. The van der Waals surface area contributed by atoms with E-state index in [0.29, 0.717) is 3.70 Å². The Kier molecular flexibility index (Phi) is 3.18. The van der Waals surface area contributed by atoms with Crippen LogP contribution in [0.5, 0.6) is 0 Å². The Balaban J connectivity index is 3.26. The first-order valence-corrected chi connectivity index (χ1v) is 4.96. The summed E-state index contributed by atoms with van der Waals surface area (Å²) in [5, 5.41) is 0. The van der Waals surface area contributed by atoms with Crippen molar-refractivity contribution in [3.8, 4) is 0 Å². The van der Waals surface area contributed by atoms with Gasteiger partial charge in [0.15, 0.2) is 0 Å². The van der Waals surface area contributed by atoms with Gasteiger partial charge in [0.05, 0.1) is 9.13 Å². The van der Waals surface area contributed by atoms with E-state index < -0.39 is 11.7 Å². The standard InChI is InChI=1S/C6H2F3I2N/c7-6(8,9)3-1-2-12-5(11)4(3)10/h1-2H. The van der Waals surface area contributed by atoms with Gasteiger partial charge >= 0.3 is 6.18 Å². The van der Waals surface area contributed by atoms with Crippen molar-refractivity contribution in [1.29, 1.82) is 0 Å².